The number of nitrogens with one attached hydrogen (secondary N) is 1. The van der Waals surface area contributed by atoms with Gasteiger partial charge in [-0.25, -0.2) is 9.97 Å². The van der Waals surface area contributed by atoms with Gasteiger partial charge in [0.2, 0.25) is 5.91 Å². The number of amides is 1. The van der Waals surface area contributed by atoms with Crippen LogP contribution in [0.4, 0.5) is 5.69 Å². The number of hydrogen-bond acceptors (Lipinski definition) is 5. The molecule has 0 bridgehead atoms. The average molecular weight is 460 g/mol. The second-order valence-electron chi connectivity index (χ2n) is 6.22. The fraction of sp³-hybridized carbons (Fsp3) is 0.0952. The van der Waals surface area contributed by atoms with Crippen molar-refractivity contribution in [1.82, 2.24) is 9.97 Å². The molecule has 0 fully saturated rings. The number of carbonyl (C=O) groups is 1. The molecule has 0 atom stereocenters. The van der Waals surface area contributed by atoms with Gasteiger partial charge in [0, 0.05) is 16.1 Å². The molecule has 0 aliphatic carbocycles. The van der Waals surface area contributed by atoms with Gasteiger partial charge in [0.15, 0.2) is 0 Å². The second-order valence-corrected chi connectivity index (χ2v) is 9.21. The molecule has 29 heavy (non-hydrogen) atoms. The van der Waals surface area contributed by atoms with Crippen LogP contribution in [0.25, 0.3) is 21.3 Å². The number of aromatic nitrogens is 2. The van der Waals surface area contributed by atoms with E-state index in [9.17, 15) is 4.79 Å². The highest BCUT2D eigenvalue weighted by Crippen LogP contribution is 2.41. The van der Waals surface area contributed by atoms with Crippen molar-refractivity contribution in [3.63, 3.8) is 0 Å². The van der Waals surface area contributed by atoms with E-state index in [-0.39, 0.29) is 11.7 Å². The summed E-state index contributed by atoms with van der Waals surface area (Å²) in [5.74, 6) is 0.0727. The molecule has 146 valence electrons. The lowest BCUT2D eigenvalue weighted by Crippen LogP contribution is -2.14. The lowest BCUT2D eigenvalue weighted by molar-refractivity contribution is -0.113. The van der Waals surface area contributed by atoms with Crippen LogP contribution in [0.1, 0.15) is 4.88 Å². The Morgan fingerprint density at radius 1 is 1.10 bits per heavy atom. The molecule has 4 rings (SSSR count). The number of halogens is 2. The molecule has 4 aromatic rings. The fourth-order valence-corrected chi connectivity index (χ4v) is 5.16. The zero-order valence-electron chi connectivity index (χ0n) is 15.3. The molecule has 8 heteroatoms. The van der Waals surface area contributed by atoms with Crippen molar-refractivity contribution in [2.75, 3.05) is 11.1 Å². The highest BCUT2D eigenvalue weighted by Gasteiger charge is 2.17. The average Bonchev–Trinajstić information content (AvgIpc) is 3.06. The molecular formula is C21H15Cl2N3OS2. The Bertz CT molecular complexity index is 1200. The number of thioether (sulfide) groups is 1. The second kappa shape index (κ2) is 8.71. The lowest BCUT2D eigenvalue weighted by atomic mass is 10.0. The van der Waals surface area contributed by atoms with Crippen molar-refractivity contribution in [2.45, 2.75) is 11.9 Å². The summed E-state index contributed by atoms with van der Waals surface area (Å²) in [5.41, 5.74) is 2.85. The maximum absolute atomic E-state index is 12.4. The van der Waals surface area contributed by atoms with E-state index >= 15 is 0 Å². The van der Waals surface area contributed by atoms with Gasteiger partial charge in [-0.3, -0.25) is 4.79 Å². The highest BCUT2D eigenvalue weighted by molar-refractivity contribution is 8.00. The van der Waals surface area contributed by atoms with Gasteiger partial charge in [-0.1, -0.05) is 65.3 Å². The van der Waals surface area contributed by atoms with Gasteiger partial charge in [0.25, 0.3) is 0 Å². The molecular weight excluding hydrogens is 445 g/mol. The van der Waals surface area contributed by atoms with E-state index in [2.05, 4.69) is 34.3 Å². The molecule has 1 N–H and O–H groups in total. The van der Waals surface area contributed by atoms with Gasteiger partial charge >= 0.3 is 0 Å². The van der Waals surface area contributed by atoms with Crippen molar-refractivity contribution >= 4 is 68.1 Å². The summed E-state index contributed by atoms with van der Waals surface area (Å²) in [6.07, 6.45) is 1.55. The quantitative estimate of drug-likeness (QED) is 0.266. The normalized spacial score (nSPS) is 11.0. The lowest BCUT2D eigenvalue weighted by Gasteiger charge is -2.08. The molecule has 0 spiro atoms. The van der Waals surface area contributed by atoms with E-state index in [0.29, 0.717) is 15.7 Å². The summed E-state index contributed by atoms with van der Waals surface area (Å²) < 4.78 is 0. The third kappa shape index (κ3) is 4.41. The first-order valence-electron chi connectivity index (χ1n) is 8.70. The molecule has 2 heterocycles. The SMILES string of the molecule is Cc1sc2ncnc(SCC(=O)Nc3ccc(Cl)c(Cl)c3)c2c1-c1ccccc1. The summed E-state index contributed by atoms with van der Waals surface area (Å²) in [7, 11) is 0. The Labute approximate surface area is 186 Å². The summed E-state index contributed by atoms with van der Waals surface area (Å²) in [5, 5.41) is 5.47. The minimum Gasteiger partial charge on any atom is -0.325 e. The van der Waals surface area contributed by atoms with Gasteiger partial charge in [-0.05, 0) is 30.7 Å². The first-order chi connectivity index (χ1) is 14.0. The van der Waals surface area contributed by atoms with Gasteiger partial charge < -0.3 is 5.32 Å². The van der Waals surface area contributed by atoms with E-state index in [1.54, 1.807) is 35.9 Å². The van der Waals surface area contributed by atoms with Crippen LogP contribution < -0.4 is 5.32 Å². The number of anilines is 1. The number of carbonyl (C=O) groups excluding carboxylic acids is 1. The fourth-order valence-electron chi connectivity index (χ4n) is 2.98. The van der Waals surface area contributed by atoms with Crippen molar-refractivity contribution < 1.29 is 4.79 Å². The third-order valence-electron chi connectivity index (χ3n) is 4.24. The van der Waals surface area contributed by atoms with Crippen molar-refractivity contribution in [1.29, 1.82) is 0 Å². The summed E-state index contributed by atoms with van der Waals surface area (Å²) in [4.78, 5) is 23.4. The van der Waals surface area contributed by atoms with Crippen LogP contribution in [0.2, 0.25) is 10.0 Å². The molecule has 1 amide bonds. The number of rotatable bonds is 5. The zero-order chi connectivity index (χ0) is 20.4. The van der Waals surface area contributed by atoms with Crippen molar-refractivity contribution in [3.8, 4) is 11.1 Å². The van der Waals surface area contributed by atoms with Crippen LogP contribution >= 0.6 is 46.3 Å². The van der Waals surface area contributed by atoms with E-state index < -0.39 is 0 Å². The topological polar surface area (TPSA) is 54.9 Å². The maximum Gasteiger partial charge on any atom is 0.234 e. The van der Waals surface area contributed by atoms with Crippen LogP contribution in [0.15, 0.2) is 59.9 Å². The summed E-state index contributed by atoms with van der Waals surface area (Å²) >= 11 is 15.0. The number of aryl methyl sites for hydroxylation is 1. The molecule has 2 aromatic carbocycles. The van der Waals surface area contributed by atoms with E-state index in [0.717, 1.165) is 26.4 Å². The summed E-state index contributed by atoms with van der Waals surface area (Å²) in [6, 6.07) is 15.2. The molecule has 2 aromatic heterocycles. The smallest absolute Gasteiger partial charge is 0.234 e. The Morgan fingerprint density at radius 2 is 1.90 bits per heavy atom. The number of fused-ring (bicyclic) bond motifs is 1. The molecule has 0 aliphatic heterocycles. The largest absolute Gasteiger partial charge is 0.325 e. The van der Waals surface area contributed by atoms with Crippen molar-refractivity contribution in [3.05, 3.63) is 69.8 Å². The van der Waals surface area contributed by atoms with Crippen LogP contribution in [-0.4, -0.2) is 21.6 Å². The predicted molar refractivity (Wildman–Crippen MR) is 123 cm³/mol. The molecule has 0 aliphatic rings. The van der Waals surface area contributed by atoms with Gasteiger partial charge in [-0.2, -0.15) is 0 Å². The zero-order valence-corrected chi connectivity index (χ0v) is 18.4. The molecule has 0 saturated carbocycles. The van der Waals surface area contributed by atoms with Crippen molar-refractivity contribution in [2.24, 2.45) is 0 Å². The highest BCUT2D eigenvalue weighted by atomic mass is 35.5. The maximum atomic E-state index is 12.4. The van der Waals surface area contributed by atoms with Gasteiger partial charge in [-0.15, -0.1) is 11.3 Å². The molecule has 0 radical (unpaired) electrons. The number of hydrogen-bond donors (Lipinski definition) is 1. The third-order valence-corrected chi connectivity index (χ3v) is 6.98. The minimum atomic E-state index is -0.145. The number of benzene rings is 2. The Morgan fingerprint density at radius 3 is 2.66 bits per heavy atom. The predicted octanol–water partition coefficient (Wildman–Crippen LogP) is 6.70. The Hall–Kier alpha value is -2.12. The van der Waals surface area contributed by atoms with Gasteiger partial charge in [0.1, 0.15) is 16.2 Å². The van der Waals surface area contributed by atoms with Crippen LogP contribution in [0.3, 0.4) is 0 Å². The Balaban J connectivity index is 1.58. The molecule has 4 nitrogen and oxygen atoms in total. The first kappa shape index (κ1) is 20.2. The van der Waals surface area contributed by atoms with Crippen LogP contribution in [0.5, 0.6) is 0 Å². The van der Waals surface area contributed by atoms with Crippen LogP contribution in [0, 0.1) is 6.92 Å². The molecule has 0 saturated heterocycles. The monoisotopic (exact) mass is 459 g/mol. The van der Waals surface area contributed by atoms with Gasteiger partial charge in [0.05, 0.1) is 21.2 Å². The van der Waals surface area contributed by atoms with E-state index in [1.807, 2.05) is 18.2 Å². The first-order valence-corrected chi connectivity index (χ1v) is 11.3. The summed E-state index contributed by atoms with van der Waals surface area (Å²) in [6.45, 7) is 2.08. The van der Waals surface area contributed by atoms with E-state index in [1.165, 1.54) is 16.6 Å². The minimum absolute atomic E-state index is 0.145. The Kier molecular flexibility index (Phi) is 6.06. The number of nitrogens with zero attached hydrogens (tertiary/aromatic N) is 2. The molecule has 0 unspecified atom stereocenters. The van der Waals surface area contributed by atoms with Crippen LogP contribution in [-0.2, 0) is 4.79 Å². The standard InChI is InChI=1S/C21H15Cl2N3OS2/c1-12-18(13-5-3-2-4-6-13)19-20(24-11-25-21(19)29-12)28-10-17(27)26-14-7-8-15(22)16(23)9-14/h2-9,11H,10H2,1H3,(H,26,27). The number of thiophene rings is 1. The van der Waals surface area contributed by atoms with E-state index in [4.69, 9.17) is 23.2 Å².